The first-order valence-electron chi connectivity index (χ1n) is 9.33. The molecule has 0 spiro atoms. The summed E-state index contributed by atoms with van der Waals surface area (Å²) in [5.41, 5.74) is 3.88. The second-order valence-electron chi connectivity index (χ2n) is 7.42. The maximum Gasteiger partial charge on any atom is 0.243 e. The molecule has 7 heteroatoms. The van der Waals surface area contributed by atoms with Crippen molar-refractivity contribution in [2.75, 3.05) is 18.4 Å². The minimum atomic E-state index is -3.75. The molecule has 1 aliphatic heterocycles. The van der Waals surface area contributed by atoms with E-state index in [0.717, 1.165) is 34.5 Å². The number of hydrogen-bond acceptors (Lipinski definition) is 3. The minimum absolute atomic E-state index is 0.0418. The molecule has 28 heavy (non-hydrogen) atoms. The van der Waals surface area contributed by atoms with Gasteiger partial charge in [0.1, 0.15) is 5.82 Å². The van der Waals surface area contributed by atoms with Crippen LogP contribution in [0.1, 0.15) is 29.5 Å². The van der Waals surface area contributed by atoms with Gasteiger partial charge >= 0.3 is 0 Å². The van der Waals surface area contributed by atoms with Gasteiger partial charge in [-0.15, -0.1) is 0 Å². The van der Waals surface area contributed by atoms with Crippen LogP contribution in [0, 0.1) is 32.5 Å². The zero-order valence-electron chi connectivity index (χ0n) is 16.3. The van der Waals surface area contributed by atoms with Crippen molar-refractivity contribution in [1.82, 2.24) is 4.31 Å². The summed E-state index contributed by atoms with van der Waals surface area (Å²) < 4.78 is 40.1. The molecule has 1 unspecified atom stereocenters. The highest BCUT2D eigenvalue weighted by molar-refractivity contribution is 7.89. The first kappa shape index (κ1) is 20.5. The van der Waals surface area contributed by atoms with E-state index in [2.05, 4.69) is 5.32 Å². The summed E-state index contributed by atoms with van der Waals surface area (Å²) in [6.07, 6.45) is 1.23. The molecule has 5 nitrogen and oxygen atoms in total. The van der Waals surface area contributed by atoms with Crippen molar-refractivity contribution in [3.05, 3.63) is 58.9 Å². The number of carbonyl (C=O) groups excluding carboxylic acids is 1. The zero-order valence-corrected chi connectivity index (χ0v) is 17.1. The highest BCUT2D eigenvalue weighted by Gasteiger charge is 2.33. The Labute approximate surface area is 165 Å². The summed E-state index contributed by atoms with van der Waals surface area (Å²) in [6.45, 7) is 6.37. The molecule has 150 valence electrons. The fourth-order valence-electron chi connectivity index (χ4n) is 3.73. The van der Waals surface area contributed by atoms with Crippen LogP contribution in [0.2, 0.25) is 0 Å². The quantitative estimate of drug-likeness (QED) is 0.843. The van der Waals surface area contributed by atoms with E-state index in [1.807, 2.05) is 32.9 Å². The third kappa shape index (κ3) is 4.25. The lowest BCUT2D eigenvalue weighted by Gasteiger charge is -2.31. The van der Waals surface area contributed by atoms with Crippen LogP contribution >= 0.6 is 0 Å². The number of nitrogens with zero attached hydrogens (tertiary/aromatic N) is 1. The summed E-state index contributed by atoms with van der Waals surface area (Å²) in [6, 6.07) is 8.79. The monoisotopic (exact) mass is 404 g/mol. The molecule has 0 radical (unpaired) electrons. The largest absolute Gasteiger partial charge is 0.325 e. The molecule has 1 aliphatic rings. The van der Waals surface area contributed by atoms with E-state index in [1.165, 1.54) is 16.4 Å². The third-order valence-corrected chi connectivity index (χ3v) is 7.01. The van der Waals surface area contributed by atoms with Crippen LogP contribution in [0.3, 0.4) is 0 Å². The van der Waals surface area contributed by atoms with Crippen molar-refractivity contribution in [2.45, 2.75) is 38.5 Å². The van der Waals surface area contributed by atoms with Gasteiger partial charge in [0.25, 0.3) is 0 Å². The smallest absolute Gasteiger partial charge is 0.243 e. The Morgan fingerprint density at radius 3 is 2.32 bits per heavy atom. The number of benzene rings is 2. The molecule has 0 aromatic heterocycles. The maximum absolute atomic E-state index is 13.1. The van der Waals surface area contributed by atoms with Crippen molar-refractivity contribution in [1.29, 1.82) is 0 Å². The van der Waals surface area contributed by atoms with Gasteiger partial charge in [-0.3, -0.25) is 4.79 Å². The normalized spacial score (nSPS) is 18.1. The highest BCUT2D eigenvalue weighted by Crippen LogP contribution is 2.27. The first-order valence-corrected chi connectivity index (χ1v) is 10.8. The van der Waals surface area contributed by atoms with Crippen molar-refractivity contribution in [2.24, 2.45) is 5.92 Å². The van der Waals surface area contributed by atoms with Crippen LogP contribution in [-0.4, -0.2) is 31.7 Å². The van der Waals surface area contributed by atoms with E-state index >= 15 is 0 Å². The second kappa shape index (κ2) is 8.01. The standard InChI is InChI=1S/C21H25FN2O3S/c1-14-11-15(2)20(16(3)12-14)23-21(25)17-5-4-10-24(13-17)28(26,27)19-8-6-18(22)7-9-19/h6-9,11-12,17H,4-5,10,13H2,1-3H3,(H,23,25). The van der Waals surface area contributed by atoms with Gasteiger partial charge in [-0.05, 0) is 69.0 Å². The average Bonchev–Trinajstić information content (AvgIpc) is 2.65. The van der Waals surface area contributed by atoms with Gasteiger partial charge < -0.3 is 5.32 Å². The predicted octanol–water partition coefficient (Wildman–Crippen LogP) is 3.79. The summed E-state index contributed by atoms with van der Waals surface area (Å²) in [5.74, 6) is -1.09. The Kier molecular flexibility index (Phi) is 5.86. The summed E-state index contributed by atoms with van der Waals surface area (Å²) in [5, 5.41) is 2.98. The molecule has 1 N–H and O–H groups in total. The van der Waals surface area contributed by atoms with Crippen LogP contribution in [0.5, 0.6) is 0 Å². The van der Waals surface area contributed by atoms with Gasteiger partial charge in [-0.2, -0.15) is 4.31 Å². The number of rotatable bonds is 4. The maximum atomic E-state index is 13.1. The van der Waals surface area contributed by atoms with Crippen LogP contribution in [-0.2, 0) is 14.8 Å². The van der Waals surface area contributed by atoms with Crippen molar-refractivity contribution >= 4 is 21.6 Å². The molecule has 1 amide bonds. The lowest BCUT2D eigenvalue weighted by molar-refractivity contribution is -0.120. The fourth-order valence-corrected chi connectivity index (χ4v) is 5.26. The number of anilines is 1. The third-order valence-electron chi connectivity index (χ3n) is 5.13. The van der Waals surface area contributed by atoms with Crippen molar-refractivity contribution in [3.8, 4) is 0 Å². The Hall–Kier alpha value is -2.25. The zero-order chi connectivity index (χ0) is 20.5. The highest BCUT2D eigenvalue weighted by atomic mass is 32.2. The van der Waals surface area contributed by atoms with E-state index in [-0.39, 0.29) is 17.3 Å². The van der Waals surface area contributed by atoms with Gasteiger partial charge in [0.2, 0.25) is 15.9 Å². The van der Waals surface area contributed by atoms with Crippen molar-refractivity contribution < 1.29 is 17.6 Å². The second-order valence-corrected chi connectivity index (χ2v) is 9.36. The molecule has 1 heterocycles. The van der Waals surface area contributed by atoms with Crippen LogP contribution < -0.4 is 5.32 Å². The number of hydrogen-bond donors (Lipinski definition) is 1. The Balaban J connectivity index is 1.76. The predicted molar refractivity (Wildman–Crippen MR) is 107 cm³/mol. The number of aryl methyl sites for hydroxylation is 3. The molecule has 2 aromatic carbocycles. The molecular formula is C21H25FN2O3S. The number of carbonyl (C=O) groups is 1. The molecular weight excluding hydrogens is 379 g/mol. The number of piperidine rings is 1. The molecule has 1 fully saturated rings. The van der Waals surface area contributed by atoms with Gasteiger partial charge in [-0.25, -0.2) is 12.8 Å². The molecule has 0 aliphatic carbocycles. The van der Waals surface area contributed by atoms with Gasteiger partial charge in [0.05, 0.1) is 10.8 Å². The molecule has 0 bridgehead atoms. The van der Waals surface area contributed by atoms with Gasteiger partial charge in [-0.1, -0.05) is 17.7 Å². The van der Waals surface area contributed by atoms with Crippen molar-refractivity contribution in [3.63, 3.8) is 0 Å². The Morgan fingerprint density at radius 1 is 1.11 bits per heavy atom. The van der Waals surface area contributed by atoms with Gasteiger partial charge in [0, 0.05) is 18.8 Å². The number of sulfonamides is 1. The number of halogens is 1. The molecule has 1 saturated heterocycles. The molecule has 1 atom stereocenters. The lowest BCUT2D eigenvalue weighted by atomic mass is 9.98. The van der Waals surface area contributed by atoms with Gasteiger partial charge in [0.15, 0.2) is 0 Å². The first-order chi connectivity index (χ1) is 13.2. The van der Waals surface area contributed by atoms with Crippen LogP contribution in [0.4, 0.5) is 10.1 Å². The summed E-state index contributed by atoms with van der Waals surface area (Å²) in [7, 11) is -3.75. The van der Waals surface area contributed by atoms with E-state index < -0.39 is 21.8 Å². The van der Waals surface area contributed by atoms with E-state index in [1.54, 1.807) is 0 Å². The average molecular weight is 405 g/mol. The van der Waals surface area contributed by atoms with Crippen LogP contribution in [0.15, 0.2) is 41.3 Å². The van der Waals surface area contributed by atoms with E-state index in [4.69, 9.17) is 0 Å². The molecule has 0 saturated carbocycles. The fraction of sp³-hybridized carbons (Fsp3) is 0.381. The topological polar surface area (TPSA) is 66.5 Å². The summed E-state index contributed by atoms with van der Waals surface area (Å²) >= 11 is 0. The van der Waals surface area contributed by atoms with Crippen LogP contribution in [0.25, 0.3) is 0 Å². The lowest BCUT2D eigenvalue weighted by Crippen LogP contribution is -2.43. The SMILES string of the molecule is Cc1cc(C)c(NC(=O)C2CCCN(S(=O)(=O)c3ccc(F)cc3)C2)c(C)c1. The summed E-state index contributed by atoms with van der Waals surface area (Å²) in [4.78, 5) is 12.9. The number of nitrogens with one attached hydrogen (secondary N) is 1. The van der Waals surface area contributed by atoms with E-state index in [0.29, 0.717) is 19.4 Å². The minimum Gasteiger partial charge on any atom is -0.325 e. The molecule has 2 aromatic rings. The Morgan fingerprint density at radius 2 is 1.71 bits per heavy atom. The number of amides is 1. The molecule has 3 rings (SSSR count). The Bertz CT molecular complexity index is 964. The van der Waals surface area contributed by atoms with E-state index in [9.17, 15) is 17.6 Å².